The molecule has 0 saturated heterocycles. The minimum Gasteiger partial charge on any atom is -0.306 e. The SMILES string of the molecule is CC(Cc1ccsc1)NC(C)c1cnccn1. The lowest BCUT2D eigenvalue weighted by atomic mass is 10.1. The molecule has 2 atom stereocenters. The average Bonchev–Trinajstić information content (AvgIpc) is 2.82. The number of thiophene rings is 1. The van der Waals surface area contributed by atoms with E-state index in [4.69, 9.17) is 0 Å². The summed E-state index contributed by atoms with van der Waals surface area (Å²) in [6.45, 7) is 4.32. The lowest BCUT2D eigenvalue weighted by Crippen LogP contribution is -2.31. The van der Waals surface area contributed by atoms with Gasteiger partial charge in [-0.1, -0.05) is 0 Å². The Morgan fingerprint density at radius 3 is 2.88 bits per heavy atom. The highest BCUT2D eigenvalue weighted by Crippen LogP contribution is 2.12. The highest BCUT2D eigenvalue weighted by molar-refractivity contribution is 7.07. The van der Waals surface area contributed by atoms with E-state index in [-0.39, 0.29) is 6.04 Å². The van der Waals surface area contributed by atoms with Gasteiger partial charge in [-0.25, -0.2) is 0 Å². The van der Waals surface area contributed by atoms with Crippen molar-refractivity contribution in [2.75, 3.05) is 0 Å². The summed E-state index contributed by atoms with van der Waals surface area (Å²) in [4.78, 5) is 8.39. The van der Waals surface area contributed by atoms with Crippen LogP contribution in [0.1, 0.15) is 31.1 Å². The van der Waals surface area contributed by atoms with E-state index in [2.05, 4.69) is 46.0 Å². The Balaban J connectivity index is 1.88. The monoisotopic (exact) mass is 247 g/mol. The molecule has 0 aliphatic carbocycles. The van der Waals surface area contributed by atoms with E-state index in [9.17, 15) is 0 Å². The Bertz CT molecular complexity index is 427. The predicted octanol–water partition coefficient (Wildman–Crippen LogP) is 2.82. The summed E-state index contributed by atoms with van der Waals surface area (Å²) in [5, 5.41) is 7.86. The van der Waals surface area contributed by atoms with Gasteiger partial charge in [0.05, 0.1) is 5.69 Å². The van der Waals surface area contributed by atoms with E-state index in [1.165, 1.54) is 5.56 Å². The topological polar surface area (TPSA) is 37.8 Å². The Morgan fingerprint density at radius 1 is 1.35 bits per heavy atom. The Morgan fingerprint density at radius 2 is 2.24 bits per heavy atom. The molecule has 1 N–H and O–H groups in total. The van der Waals surface area contributed by atoms with E-state index in [1.807, 2.05) is 6.20 Å². The van der Waals surface area contributed by atoms with Crippen LogP contribution in [0.2, 0.25) is 0 Å². The van der Waals surface area contributed by atoms with Crippen LogP contribution in [0.4, 0.5) is 0 Å². The van der Waals surface area contributed by atoms with Crippen molar-refractivity contribution in [3.8, 4) is 0 Å². The summed E-state index contributed by atoms with van der Waals surface area (Å²) in [6, 6.07) is 2.84. The standard InChI is InChI=1S/C13H17N3S/c1-10(7-12-3-6-17-9-12)16-11(2)13-8-14-4-5-15-13/h3-6,8-11,16H,7H2,1-2H3. The molecular formula is C13H17N3S. The summed E-state index contributed by atoms with van der Waals surface area (Å²) >= 11 is 1.75. The van der Waals surface area contributed by atoms with Crippen LogP contribution in [0.15, 0.2) is 35.4 Å². The number of nitrogens with one attached hydrogen (secondary N) is 1. The Kier molecular flexibility index (Phi) is 4.23. The number of hydrogen-bond acceptors (Lipinski definition) is 4. The zero-order valence-corrected chi connectivity index (χ0v) is 10.9. The van der Waals surface area contributed by atoms with Crippen LogP contribution in [0.5, 0.6) is 0 Å². The van der Waals surface area contributed by atoms with Crippen LogP contribution in [0.25, 0.3) is 0 Å². The second-order valence-electron chi connectivity index (χ2n) is 4.26. The molecule has 3 nitrogen and oxygen atoms in total. The smallest absolute Gasteiger partial charge is 0.0753 e. The molecule has 0 fully saturated rings. The first kappa shape index (κ1) is 12.2. The van der Waals surface area contributed by atoms with Crippen LogP contribution in [0, 0.1) is 0 Å². The second-order valence-corrected chi connectivity index (χ2v) is 5.04. The van der Waals surface area contributed by atoms with Gasteiger partial charge in [-0.15, -0.1) is 0 Å². The molecule has 0 aliphatic heterocycles. The van der Waals surface area contributed by atoms with Gasteiger partial charge in [-0.2, -0.15) is 11.3 Å². The van der Waals surface area contributed by atoms with E-state index in [0.717, 1.165) is 12.1 Å². The fraction of sp³-hybridized carbons (Fsp3) is 0.385. The third-order valence-electron chi connectivity index (χ3n) is 2.68. The summed E-state index contributed by atoms with van der Waals surface area (Å²) < 4.78 is 0. The largest absolute Gasteiger partial charge is 0.306 e. The Labute approximate surface area is 106 Å². The van der Waals surface area contributed by atoms with Crippen molar-refractivity contribution in [1.82, 2.24) is 15.3 Å². The zero-order valence-electron chi connectivity index (χ0n) is 10.1. The van der Waals surface area contributed by atoms with Gasteiger partial charge in [0.15, 0.2) is 0 Å². The average molecular weight is 247 g/mol. The van der Waals surface area contributed by atoms with Gasteiger partial charge < -0.3 is 5.32 Å². The summed E-state index contributed by atoms with van der Waals surface area (Å²) in [6.07, 6.45) is 6.30. The van der Waals surface area contributed by atoms with Crippen LogP contribution in [-0.2, 0) is 6.42 Å². The first-order valence-corrected chi connectivity index (χ1v) is 6.73. The number of rotatable bonds is 5. The normalized spacial score (nSPS) is 14.5. The first-order valence-electron chi connectivity index (χ1n) is 5.78. The van der Waals surface area contributed by atoms with Gasteiger partial charge in [0.25, 0.3) is 0 Å². The molecule has 2 heterocycles. The molecule has 0 aromatic carbocycles. The molecule has 0 spiro atoms. The van der Waals surface area contributed by atoms with Gasteiger partial charge in [0.1, 0.15) is 0 Å². The maximum Gasteiger partial charge on any atom is 0.0753 e. The minimum atomic E-state index is 0.234. The zero-order chi connectivity index (χ0) is 12.1. The van der Waals surface area contributed by atoms with Gasteiger partial charge in [0.2, 0.25) is 0 Å². The minimum absolute atomic E-state index is 0.234. The Hall–Kier alpha value is -1.26. The molecule has 17 heavy (non-hydrogen) atoms. The van der Waals surface area contributed by atoms with Crippen molar-refractivity contribution >= 4 is 11.3 Å². The van der Waals surface area contributed by atoms with Gasteiger partial charge in [0, 0.05) is 30.7 Å². The molecule has 90 valence electrons. The van der Waals surface area contributed by atoms with Crippen molar-refractivity contribution in [2.24, 2.45) is 0 Å². The third kappa shape index (κ3) is 3.61. The van der Waals surface area contributed by atoms with Crippen molar-refractivity contribution in [3.05, 3.63) is 46.7 Å². The van der Waals surface area contributed by atoms with E-state index < -0.39 is 0 Å². The van der Waals surface area contributed by atoms with Crippen molar-refractivity contribution in [2.45, 2.75) is 32.4 Å². The fourth-order valence-corrected chi connectivity index (χ4v) is 2.55. The van der Waals surface area contributed by atoms with Crippen LogP contribution < -0.4 is 5.32 Å². The molecule has 0 saturated carbocycles. The number of aromatic nitrogens is 2. The lowest BCUT2D eigenvalue weighted by molar-refractivity contribution is 0.469. The van der Waals surface area contributed by atoms with Crippen LogP contribution in [-0.4, -0.2) is 16.0 Å². The summed E-state index contributed by atoms with van der Waals surface area (Å²) in [7, 11) is 0. The highest BCUT2D eigenvalue weighted by atomic mass is 32.1. The third-order valence-corrected chi connectivity index (χ3v) is 3.42. The maximum atomic E-state index is 4.31. The molecule has 2 aromatic heterocycles. The quantitative estimate of drug-likeness (QED) is 0.883. The predicted molar refractivity (Wildman–Crippen MR) is 71.1 cm³/mol. The van der Waals surface area contributed by atoms with Crippen LogP contribution >= 0.6 is 11.3 Å². The van der Waals surface area contributed by atoms with Gasteiger partial charge >= 0.3 is 0 Å². The molecule has 4 heteroatoms. The van der Waals surface area contributed by atoms with Gasteiger partial charge in [-0.3, -0.25) is 9.97 Å². The molecule has 2 aromatic rings. The van der Waals surface area contributed by atoms with E-state index in [1.54, 1.807) is 23.7 Å². The summed E-state index contributed by atoms with van der Waals surface area (Å²) in [5.41, 5.74) is 2.38. The molecular weight excluding hydrogens is 230 g/mol. The molecule has 2 unspecified atom stereocenters. The first-order chi connectivity index (χ1) is 8.25. The molecule has 2 rings (SSSR count). The number of nitrogens with zero attached hydrogens (tertiary/aromatic N) is 2. The van der Waals surface area contributed by atoms with Crippen molar-refractivity contribution in [1.29, 1.82) is 0 Å². The highest BCUT2D eigenvalue weighted by Gasteiger charge is 2.11. The van der Waals surface area contributed by atoms with E-state index in [0.29, 0.717) is 6.04 Å². The second kappa shape index (κ2) is 5.89. The molecule has 0 radical (unpaired) electrons. The molecule has 0 aliphatic rings. The lowest BCUT2D eigenvalue weighted by Gasteiger charge is -2.18. The van der Waals surface area contributed by atoms with E-state index >= 15 is 0 Å². The van der Waals surface area contributed by atoms with Crippen molar-refractivity contribution in [3.63, 3.8) is 0 Å². The fourth-order valence-electron chi connectivity index (χ4n) is 1.87. The summed E-state index contributed by atoms with van der Waals surface area (Å²) in [5.74, 6) is 0. The maximum absolute atomic E-state index is 4.31. The molecule has 0 bridgehead atoms. The van der Waals surface area contributed by atoms with Crippen LogP contribution in [0.3, 0.4) is 0 Å². The van der Waals surface area contributed by atoms with Gasteiger partial charge in [-0.05, 0) is 42.7 Å². The molecule has 0 amide bonds. The number of hydrogen-bond donors (Lipinski definition) is 1. The van der Waals surface area contributed by atoms with Crippen molar-refractivity contribution < 1.29 is 0 Å².